The summed E-state index contributed by atoms with van der Waals surface area (Å²) < 4.78 is 10.9. The molecule has 0 atom stereocenters. The van der Waals surface area contributed by atoms with Gasteiger partial charge in [-0.2, -0.15) is 0 Å². The maximum absolute atomic E-state index is 11.9. The Morgan fingerprint density at radius 2 is 1.73 bits per heavy atom. The van der Waals surface area contributed by atoms with Crippen LogP contribution in [0.2, 0.25) is 0 Å². The number of carbonyl (C=O) groups is 1. The monoisotopic (exact) mass is 464 g/mol. The van der Waals surface area contributed by atoms with Crippen LogP contribution >= 0.6 is 11.3 Å². The van der Waals surface area contributed by atoms with E-state index >= 15 is 0 Å². The number of esters is 1. The van der Waals surface area contributed by atoms with Crippen LogP contribution in [0.1, 0.15) is 39.2 Å². The minimum atomic E-state index is -0.0378. The first-order valence-corrected chi connectivity index (χ1v) is 12.5. The molecule has 5 nitrogen and oxygen atoms in total. The molecule has 0 aliphatic carbocycles. The molecule has 0 radical (unpaired) electrons. The first-order valence-electron chi connectivity index (χ1n) is 11.7. The molecule has 0 unspecified atom stereocenters. The predicted octanol–water partition coefficient (Wildman–Crippen LogP) is 6.04. The zero-order chi connectivity index (χ0) is 23.2. The number of likely N-dealkylation sites (tertiary alicyclic amines) is 1. The van der Waals surface area contributed by atoms with Crippen LogP contribution in [-0.2, 0) is 16.1 Å². The van der Waals surface area contributed by atoms with Crippen LogP contribution in [0.5, 0.6) is 5.75 Å². The SMILES string of the molecule is CCOC(=O)C1CCN(Cc2ccc(-c3ncc(-c4ccc(OC(C)C)cc4)s3)cc2)CC1. The molecular formula is C27H32N2O3S. The number of rotatable bonds is 8. The number of carbonyl (C=O) groups excluding carboxylic acids is 1. The third-order valence-corrected chi connectivity index (χ3v) is 6.93. The van der Waals surface area contributed by atoms with Gasteiger partial charge in [-0.15, -0.1) is 11.3 Å². The van der Waals surface area contributed by atoms with E-state index in [1.54, 1.807) is 11.3 Å². The van der Waals surface area contributed by atoms with Gasteiger partial charge >= 0.3 is 5.97 Å². The van der Waals surface area contributed by atoms with Crippen molar-refractivity contribution in [3.63, 3.8) is 0 Å². The highest BCUT2D eigenvalue weighted by Crippen LogP contribution is 2.33. The van der Waals surface area contributed by atoms with E-state index in [-0.39, 0.29) is 18.0 Å². The van der Waals surface area contributed by atoms with Crippen molar-refractivity contribution in [3.8, 4) is 26.8 Å². The molecule has 0 amide bonds. The first kappa shape index (κ1) is 23.5. The van der Waals surface area contributed by atoms with Crippen molar-refractivity contribution in [2.45, 2.75) is 46.3 Å². The van der Waals surface area contributed by atoms with Crippen LogP contribution in [-0.4, -0.2) is 41.7 Å². The predicted molar refractivity (Wildman–Crippen MR) is 133 cm³/mol. The van der Waals surface area contributed by atoms with Gasteiger partial charge in [-0.1, -0.05) is 24.3 Å². The molecule has 1 fully saturated rings. The topological polar surface area (TPSA) is 51.7 Å². The lowest BCUT2D eigenvalue weighted by Crippen LogP contribution is -2.36. The maximum atomic E-state index is 11.9. The van der Waals surface area contributed by atoms with Crippen molar-refractivity contribution >= 4 is 17.3 Å². The molecule has 0 bridgehead atoms. The number of thiazole rings is 1. The lowest BCUT2D eigenvalue weighted by molar-refractivity contribution is -0.149. The minimum absolute atomic E-state index is 0.0378. The molecule has 1 aromatic heterocycles. The third-order valence-electron chi connectivity index (χ3n) is 5.83. The van der Waals surface area contributed by atoms with Crippen molar-refractivity contribution in [2.24, 2.45) is 5.92 Å². The fourth-order valence-corrected chi connectivity index (χ4v) is 5.04. The number of nitrogens with zero attached hydrogens (tertiary/aromatic N) is 2. The quantitative estimate of drug-likeness (QED) is 0.381. The van der Waals surface area contributed by atoms with Crippen LogP contribution in [0.25, 0.3) is 21.0 Å². The Balaban J connectivity index is 1.33. The molecule has 2 heterocycles. The molecule has 174 valence electrons. The molecular weight excluding hydrogens is 432 g/mol. The Morgan fingerprint density at radius 1 is 1.06 bits per heavy atom. The van der Waals surface area contributed by atoms with Crippen LogP contribution in [0.15, 0.2) is 54.7 Å². The standard InChI is InChI=1S/C27H32N2O3S/c1-4-31-27(30)23-13-15-29(16-14-23)18-20-5-7-22(8-6-20)26-28-17-25(33-26)21-9-11-24(12-10-21)32-19(2)3/h5-12,17,19,23H,4,13-16,18H2,1-3H3. The molecule has 33 heavy (non-hydrogen) atoms. The Kier molecular flexibility index (Phi) is 7.78. The lowest BCUT2D eigenvalue weighted by atomic mass is 9.96. The minimum Gasteiger partial charge on any atom is -0.491 e. The summed E-state index contributed by atoms with van der Waals surface area (Å²) in [7, 11) is 0. The summed E-state index contributed by atoms with van der Waals surface area (Å²) in [5.74, 6) is 0.907. The highest BCUT2D eigenvalue weighted by Gasteiger charge is 2.25. The van der Waals surface area contributed by atoms with E-state index < -0.39 is 0 Å². The van der Waals surface area contributed by atoms with Crippen molar-refractivity contribution in [3.05, 3.63) is 60.3 Å². The zero-order valence-electron chi connectivity index (χ0n) is 19.6. The number of ether oxygens (including phenoxy) is 2. The highest BCUT2D eigenvalue weighted by molar-refractivity contribution is 7.18. The van der Waals surface area contributed by atoms with Gasteiger partial charge < -0.3 is 9.47 Å². The maximum Gasteiger partial charge on any atom is 0.309 e. The van der Waals surface area contributed by atoms with Gasteiger partial charge in [0.15, 0.2) is 0 Å². The molecule has 0 saturated carbocycles. The number of piperidine rings is 1. The van der Waals surface area contributed by atoms with Gasteiger partial charge in [0.25, 0.3) is 0 Å². The van der Waals surface area contributed by atoms with Gasteiger partial charge in [-0.3, -0.25) is 9.69 Å². The molecule has 0 spiro atoms. The molecule has 1 aliphatic heterocycles. The van der Waals surface area contributed by atoms with E-state index in [1.165, 1.54) is 5.56 Å². The van der Waals surface area contributed by atoms with Gasteiger partial charge in [0.2, 0.25) is 0 Å². The largest absolute Gasteiger partial charge is 0.491 e. The van der Waals surface area contributed by atoms with Crippen LogP contribution in [0.4, 0.5) is 0 Å². The first-order chi connectivity index (χ1) is 16.0. The number of hydrogen-bond acceptors (Lipinski definition) is 6. The van der Waals surface area contributed by atoms with Crippen LogP contribution in [0, 0.1) is 5.92 Å². The summed E-state index contributed by atoms with van der Waals surface area (Å²) in [6.45, 7) is 9.16. The summed E-state index contributed by atoms with van der Waals surface area (Å²) >= 11 is 1.70. The second-order valence-corrected chi connectivity index (χ2v) is 9.75. The van der Waals surface area contributed by atoms with Crippen molar-refractivity contribution in [1.29, 1.82) is 0 Å². The van der Waals surface area contributed by atoms with Crippen molar-refractivity contribution in [2.75, 3.05) is 19.7 Å². The summed E-state index contributed by atoms with van der Waals surface area (Å²) in [4.78, 5) is 20.1. The fourth-order valence-electron chi connectivity index (χ4n) is 4.11. The lowest BCUT2D eigenvalue weighted by Gasteiger charge is -2.30. The van der Waals surface area contributed by atoms with Gasteiger partial charge in [-0.25, -0.2) is 4.98 Å². The fraction of sp³-hybridized carbons (Fsp3) is 0.407. The zero-order valence-corrected chi connectivity index (χ0v) is 20.4. The molecule has 0 N–H and O–H groups in total. The van der Waals surface area contributed by atoms with E-state index in [0.29, 0.717) is 6.61 Å². The summed E-state index contributed by atoms with van der Waals surface area (Å²) in [6, 6.07) is 16.9. The second-order valence-electron chi connectivity index (χ2n) is 8.72. The number of aromatic nitrogens is 1. The number of hydrogen-bond donors (Lipinski definition) is 0. The Labute approximate surface area is 200 Å². The van der Waals surface area contributed by atoms with Gasteiger partial charge in [0.05, 0.1) is 23.5 Å². The molecule has 3 aromatic rings. The Bertz CT molecular complexity index is 1040. The molecule has 4 rings (SSSR count). The van der Waals surface area contributed by atoms with Crippen LogP contribution < -0.4 is 4.74 Å². The van der Waals surface area contributed by atoms with E-state index in [4.69, 9.17) is 9.47 Å². The average molecular weight is 465 g/mol. The summed E-state index contributed by atoms with van der Waals surface area (Å²) in [5.41, 5.74) is 3.57. The van der Waals surface area contributed by atoms with Crippen LogP contribution in [0.3, 0.4) is 0 Å². The van der Waals surface area contributed by atoms with E-state index in [2.05, 4.69) is 46.3 Å². The average Bonchev–Trinajstić information content (AvgIpc) is 3.31. The van der Waals surface area contributed by atoms with Gasteiger partial charge in [0, 0.05) is 18.3 Å². The Morgan fingerprint density at radius 3 is 2.36 bits per heavy atom. The van der Waals surface area contributed by atoms with Gasteiger partial charge in [-0.05, 0) is 82.1 Å². The highest BCUT2D eigenvalue weighted by atomic mass is 32.1. The summed E-state index contributed by atoms with van der Waals surface area (Å²) in [6.07, 6.45) is 3.87. The van der Waals surface area contributed by atoms with E-state index in [0.717, 1.165) is 59.2 Å². The third kappa shape index (κ3) is 6.21. The molecule has 6 heteroatoms. The van der Waals surface area contributed by atoms with E-state index in [1.807, 2.05) is 39.1 Å². The second kappa shape index (κ2) is 10.9. The normalized spacial score (nSPS) is 15.0. The Hall–Kier alpha value is -2.70. The number of benzene rings is 2. The summed E-state index contributed by atoms with van der Waals surface area (Å²) in [5, 5.41) is 1.02. The smallest absolute Gasteiger partial charge is 0.309 e. The molecule has 2 aromatic carbocycles. The van der Waals surface area contributed by atoms with Gasteiger partial charge in [0.1, 0.15) is 10.8 Å². The van der Waals surface area contributed by atoms with E-state index in [9.17, 15) is 4.79 Å². The van der Waals surface area contributed by atoms with Crippen molar-refractivity contribution < 1.29 is 14.3 Å². The molecule has 1 saturated heterocycles. The van der Waals surface area contributed by atoms with Crippen molar-refractivity contribution in [1.82, 2.24) is 9.88 Å². The molecule has 1 aliphatic rings.